The molecule has 0 aliphatic heterocycles. The van der Waals surface area contributed by atoms with Gasteiger partial charge in [0, 0.05) is 17.8 Å². The predicted octanol–water partition coefficient (Wildman–Crippen LogP) is 1.70. The standard InChI is InChI=1S/C12H15N5OS/c1-2-9(12-15-5-6-19-12)16-11(18)8-3-4-14-7-10(8)17-13/h3-7,9,17H,2,13H2,1H3,(H,16,18). The zero-order valence-corrected chi connectivity index (χ0v) is 11.3. The Balaban J connectivity index is 2.16. The molecular formula is C12H15N5OS. The summed E-state index contributed by atoms with van der Waals surface area (Å²) < 4.78 is 0. The van der Waals surface area contributed by atoms with Crippen LogP contribution in [0, 0.1) is 0 Å². The molecule has 0 aliphatic rings. The number of hydrazine groups is 1. The number of nitrogen functional groups attached to an aromatic ring is 1. The van der Waals surface area contributed by atoms with Crippen molar-refractivity contribution in [3.8, 4) is 0 Å². The second kappa shape index (κ2) is 6.26. The van der Waals surface area contributed by atoms with Crippen LogP contribution in [0.1, 0.15) is 34.8 Å². The maximum atomic E-state index is 12.2. The van der Waals surface area contributed by atoms with Gasteiger partial charge in [0.1, 0.15) is 5.01 Å². The molecule has 0 saturated carbocycles. The first-order valence-electron chi connectivity index (χ1n) is 5.87. The molecule has 6 nitrogen and oxygen atoms in total. The molecule has 2 heterocycles. The van der Waals surface area contributed by atoms with E-state index in [9.17, 15) is 4.79 Å². The molecule has 2 aromatic rings. The van der Waals surface area contributed by atoms with E-state index in [1.165, 1.54) is 17.5 Å². The number of anilines is 1. The average molecular weight is 277 g/mol. The third-order valence-electron chi connectivity index (χ3n) is 2.68. The highest BCUT2D eigenvalue weighted by molar-refractivity contribution is 7.09. The van der Waals surface area contributed by atoms with Crippen LogP contribution < -0.4 is 16.6 Å². The van der Waals surface area contributed by atoms with Crippen LogP contribution in [-0.4, -0.2) is 15.9 Å². The van der Waals surface area contributed by atoms with E-state index in [0.29, 0.717) is 11.3 Å². The number of hydrogen-bond acceptors (Lipinski definition) is 6. The molecule has 0 aromatic carbocycles. The number of carbonyl (C=O) groups is 1. The smallest absolute Gasteiger partial charge is 0.254 e. The van der Waals surface area contributed by atoms with E-state index in [-0.39, 0.29) is 11.9 Å². The Morgan fingerprint density at radius 2 is 2.37 bits per heavy atom. The van der Waals surface area contributed by atoms with Gasteiger partial charge in [0.25, 0.3) is 5.91 Å². The molecule has 4 N–H and O–H groups in total. The number of nitrogens with one attached hydrogen (secondary N) is 2. The Bertz CT molecular complexity index is 543. The van der Waals surface area contributed by atoms with Crippen molar-refractivity contribution < 1.29 is 4.79 Å². The van der Waals surface area contributed by atoms with Gasteiger partial charge in [-0.2, -0.15) is 0 Å². The van der Waals surface area contributed by atoms with Crippen LogP contribution in [0.3, 0.4) is 0 Å². The molecule has 0 fully saturated rings. The number of amides is 1. The summed E-state index contributed by atoms with van der Waals surface area (Å²) in [4.78, 5) is 20.4. The Morgan fingerprint density at radius 3 is 3.00 bits per heavy atom. The minimum atomic E-state index is -0.197. The number of nitrogens with zero attached hydrogens (tertiary/aromatic N) is 2. The Labute approximate surface area is 115 Å². The van der Waals surface area contributed by atoms with E-state index in [4.69, 9.17) is 5.84 Å². The molecule has 0 radical (unpaired) electrons. The molecule has 0 aliphatic carbocycles. The lowest BCUT2D eigenvalue weighted by Crippen LogP contribution is -2.29. The van der Waals surface area contributed by atoms with Crippen molar-refractivity contribution in [1.29, 1.82) is 0 Å². The van der Waals surface area contributed by atoms with Crippen molar-refractivity contribution in [1.82, 2.24) is 15.3 Å². The van der Waals surface area contributed by atoms with Gasteiger partial charge in [-0.15, -0.1) is 11.3 Å². The van der Waals surface area contributed by atoms with E-state index < -0.39 is 0 Å². The molecule has 100 valence electrons. The SMILES string of the molecule is CCC(NC(=O)c1ccncc1NN)c1nccs1. The molecule has 7 heteroatoms. The predicted molar refractivity (Wildman–Crippen MR) is 74.7 cm³/mol. The second-order valence-electron chi connectivity index (χ2n) is 3.87. The fourth-order valence-corrected chi connectivity index (χ4v) is 2.46. The van der Waals surface area contributed by atoms with E-state index in [1.54, 1.807) is 18.5 Å². The van der Waals surface area contributed by atoms with Crippen LogP contribution in [0.2, 0.25) is 0 Å². The zero-order chi connectivity index (χ0) is 13.7. The highest BCUT2D eigenvalue weighted by atomic mass is 32.1. The highest BCUT2D eigenvalue weighted by Crippen LogP contribution is 2.20. The number of pyridine rings is 1. The molecule has 2 aromatic heterocycles. The highest BCUT2D eigenvalue weighted by Gasteiger charge is 2.18. The molecule has 0 spiro atoms. The number of nitrogens with two attached hydrogens (primary N) is 1. The van der Waals surface area contributed by atoms with Gasteiger partial charge in [0.05, 0.1) is 23.5 Å². The number of rotatable bonds is 5. The fraction of sp³-hybridized carbons (Fsp3) is 0.250. The van der Waals surface area contributed by atoms with Gasteiger partial charge < -0.3 is 10.7 Å². The van der Waals surface area contributed by atoms with Crippen LogP contribution in [-0.2, 0) is 0 Å². The minimum absolute atomic E-state index is 0.0914. The summed E-state index contributed by atoms with van der Waals surface area (Å²) >= 11 is 1.52. The van der Waals surface area contributed by atoms with Gasteiger partial charge in [-0.3, -0.25) is 15.6 Å². The third kappa shape index (κ3) is 3.07. The van der Waals surface area contributed by atoms with E-state index in [2.05, 4.69) is 20.7 Å². The van der Waals surface area contributed by atoms with Gasteiger partial charge in [-0.05, 0) is 12.5 Å². The van der Waals surface area contributed by atoms with Crippen LogP contribution in [0.4, 0.5) is 5.69 Å². The molecule has 0 bridgehead atoms. The van der Waals surface area contributed by atoms with Gasteiger partial charge >= 0.3 is 0 Å². The number of hydrogen-bond donors (Lipinski definition) is 3. The lowest BCUT2D eigenvalue weighted by Gasteiger charge is -2.15. The fourth-order valence-electron chi connectivity index (χ4n) is 1.69. The van der Waals surface area contributed by atoms with Crippen molar-refractivity contribution in [2.45, 2.75) is 19.4 Å². The summed E-state index contributed by atoms with van der Waals surface area (Å²) in [7, 11) is 0. The van der Waals surface area contributed by atoms with E-state index in [1.807, 2.05) is 12.3 Å². The summed E-state index contributed by atoms with van der Waals surface area (Å²) in [5, 5.41) is 5.73. The van der Waals surface area contributed by atoms with Gasteiger partial charge in [0.2, 0.25) is 0 Å². The lowest BCUT2D eigenvalue weighted by atomic mass is 10.2. The first kappa shape index (κ1) is 13.4. The van der Waals surface area contributed by atoms with Gasteiger partial charge in [-0.25, -0.2) is 4.98 Å². The monoisotopic (exact) mass is 277 g/mol. The maximum absolute atomic E-state index is 12.2. The van der Waals surface area contributed by atoms with Gasteiger partial charge in [0.15, 0.2) is 0 Å². The van der Waals surface area contributed by atoms with E-state index >= 15 is 0 Å². The third-order valence-corrected chi connectivity index (χ3v) is 3.57. The summed E-state index contributed by atoms with van der Waals surface area (Å²) in [6.45, 7) is 2.00. The molecule has 1 amide bonds. The molecule has 0 saturated heterocycles. The largest absolute Gasteiger partial charge is 0.343 e. The summed E-state index contributed by atoms with van der Waals surface area (Å²) in [6, 6.07) is 1.53. The molecule has 1 atom stereocenters. The number of aromatic nitrogens is 2. The summed E-state index contributed by atoms with van der Waals surface area (Å²) in [6.07, 6.45) is 5.57. The summed E-state index contributed by atoms with van der Waals surface area (Å²) in [5.74, 6) is 5.17. The Morgan fingerprint density at radius 1 is 1.53 bits per heavy atom. The normalized spacial score (nSPS) is 11.9. The van der Waals surface area contributed by atoms with Crippen LogP contribution in [0.5, 0.6) is 0 Å². The molecule has 19 heavy (non-hydrogen) atoms. The van der Waals surface area contributed by atoms with Crippen molar-refractivity contribution >= 4 is 22.9 Å². The van der Waals surface area contributed by atoms with Crippen molar-refractivity contribution in [2.75, 3.05) is 5.43 Å². The lowest BCUT2D eigenvalue weighted by molar-refractivity contribution is 0.0936. The van der Waals surface area contributed by atoms with E-state index in [0.717, 1.165) is 11.4 Å². The minimum Gasteiger partial charge on any atom is -0.343 e. The van der Waals surface area contributed by atoms with Crippen molar-refractivity contribution in [2.24, 2.45) is 5.84 Å². The second-order valence-corrected chi connectivity index (χ2v) is 4.80. The first-order valence-corrected chi connectivity index (χ1v) is 6.75. The summed E-state index contributed by atoms with van der Waals surface area (Å²) in [5.41, 5.74) is 3.43. The van der Waals surface area contributed by atoms with Crippen LogP contribution in [0.15, 0.2) is 30.0 Å². The number of carbonyl (C=O) groups excluding carboxylic acids is 1. The topological polar surface area (TPSA) is 92.9 Å². The van der Waals surface area contributed by atoms with Crippen molar-refractivity contribution in [3.63, 3.8) is 0 Å². The first-order chi connectivity index (χ1) is 9.26. The van der Waals surface area contributed by atoms with Crippen LogP contribution >= 0.6 is 11.3 Å². The maximum Gasteiger partial charge on any atom is 0.254 e. The molecule has 1 unspecified atom stereocenters. The Kier molecular flexibility index (Phi) is 4.43. The van der Waals surface area contributed by atoms with Gasteiger partial charge in [-0.1, -0.05) is 6.92 Å². The van der Waals surface area contributed by atoms with Crippen LogP contribution in [0.25, 0.3) is 0 Å². The molecule has 2 rings (SSSR count). The Hall–Kier alpha value is -1.99. The average Bonchev–Trinajstić information content (AvgIpc) is 2.98. The quantitative estimate of drug-likeness (QED) is 0.571. The zero-order valence-electron chi connectivity index (χ0n) is 10.5. The molecular weight excluding hydrogens is 262 g/mol. The number of thiazole rings is 1. The van der Waals surface area contributed by atoms with Crippen molar-refractivity contribution in [3.05, 3.63) is 40.6 Å².